The van der Waals surface area contributed by atoms with Crippen LogP contribution in [0.15, 0.2) is 0 Å². The summed E-state index contributed by atoms with van der Waals surface area (Å²) >= 11 is 0. The van der Waals surface area contributed by atoms with Crippen LogP contribution in [0.4, 0.5) is 0 Å². The van der Waals surface area contributed by atoms with E-state index in [1.54, 1.807) is 0 Å². The standard InChI is InChI=1S/C7H8O4/c8-4-2-1-3-6(10-3)5(2)11-7(4)9/h2-6,8H,1H2/t2-,3+,4+,5+,6+/m0/s1. The number of rotatable bonds is 0. The largest absolute Gasteiger partial charge is 0.457 e. The topological polar surface area (TPSA) is 59.1 Å². The van der Waals surface area contributed by atoms with Gasteiger partial charge in [0.05, 0.1) is 6.10 Å². The Balaban J connectivity index is 1.90. The van der Waals surface area contributed by atoms with Crippen molar-refractivity contribution in [3.05, 3.63) is 0 Å². The Kier molecular flexibility index (Phi) is 0.863. The van der Waals surface area contributed by atoms with E-state index < -0.39 is 12.1 Å². The van der Waals surface area contributed by atoms with Gasteiger partial charge in [-0.2, -0.15) is 0 Å². The summed E-state index contributed by atoms with van der Waals surface area (Å²) in [6.45, 7) is 0. The van der Waals surface area contributed by atoms with Crippen LogP contribution < -0.4 is 0 Å². The highest BCUT2D eigenvalue weighted by molar-refractivity contribution is 5.77. The van der Waals surface area contributed by atoms with E-state index in [2.05, 4.69) is 0 Å². The second-order valence-electron chi connectivity index (χ2n) is 3.39. The molecule has 0 aromatic rings. The minimum absolute atomic E-state index is 0.00579. The molecule has 1 aliphatic carbocycles. The summed E-state index contributed by atoms with van der Waals surface area (Å²) in [5, 5.41) is 9.28. The minimum atomic E-state index is -0.892. The molecule has 2 heterocycles. The Morgan fingerprint density at radius 2 is 2.27 bits per heavy atom. The van der Waals surface area contributed by atoms with E-state index in [4.69, 9.17) is 9.47 Å². The highest BCUT2D eigenvalue weighted by atomic mass is 16.6. The van der Waals surface area contributed by atoms with Gasteiger partial charge in [-0.25, -0.2) is 4.79 Å². The number of hydrogen-bond acceptors (Lipinski definition) is 4. The van der Waals surface area contributed by atoms with Gasteiger partial charge in [-0.05, 0) is 6.42 Å². The molecular formula is C7H8O4. The van der Waals surface area contributed by atoms with Gasteiger partial charge in [0.15, 0.2) is 6.10 Å². The zero-order valence-electron chi connectivity index (χ0n) is 5.77. The van der Waals surface area contributed by atoms with Gasteiger partial charge >= 0.3 is 5.97 Å². The van der Waals surface area contributed by atoms with Gasteiger partial charge < -0.3 is 14.6 Å². The molecule has 2 saturated heterocycles. The maximum absolute atomic E-state index is 10.8. The summed E-state index contributed by atoms with van der Waals surface area (Å²) in [4.78, 5) is 10.8. The summed E-state index contributed by atoms with van der Waals surface area (Å²) in [5.74, 6) is -0.472. The molecule has 0 unspecified atom stereocenters. The number of carbonyl (C=O) groups is 1. The number of esters is 1. The Morgan fingerprint density at radius 1 is 1.45 bits per heavy atom. The predicted octanol–water partition coefficient (Wildman–Crippen LogP) is -0.940. The summed E-state index contributed by atoms with van der Waals surface area (Å²) in [5.41, 5.74) is 0. The van der Waals surface area contributed by atoms with Gasteiger partial charge in [-0.1, -0.05) is 0 Å². The third-order valence-electron chi connectivity index (χ3n) is 2.77. The second-order valence-corrected chi connectivity index (χ2v) is 3.39. The van der Waals surface area contributed by atoms with E-state index in [0.29, 0.717) is 0 Å². The fraction of sp³-hybridized carbons (Fsp3) is 0.857. The monoisotopic (exact) mass is 156 g/mol. The lowest BCUT2D eigenvalue weighted by atomic mass is 10.0. The average molecular weight is 156 g/mol. The van der Waals surface area contributed by atoms with Crippen molar-refractivity contribution in [2.24, 2.45) is 5.92 Å². The van der Waals surface area contributed by atoms with E-state index >= 15 is 0 Å². The molecule has 0 aromatic carbocycles. The van der Waals surface area contributed by atoms with Gasteiger partial charge in [0, 0.05) is 5.92 Å². The summed E-state index contributed by atoms with van der Waals surface area (Å²) in [6.07, 6.45) is 0.0927. The molecule has 3 rings (SSSR count). The van der Waals surface area contributed by atoms with Crippen molar-refractivity contribution in [3.63, 3.8) is 0 Å². The van der Waals surface area contributed by atoms with E-state index in [-0.39, 0.29) is 24.2 Å². The van der Waals surface area contributed by atoms with E-state index in [1.807, 2.05) is 0 Å². The first-order valence-corrected chi connectivity index (χ1v) is 3.81. The molecule has 1 saturated carbocycles. The Hall–Kier alpha value is -0.610. The summed E-state index contributed by atoms with van der Waals surface area (Å²) in [6, 6.07) is 0. The third kappa shape index (κ3) is 0.594. The van der Waals surface area contributed by atoms with Gasteiger partial charge in [0.1, 0.15) is 12.2 Å². The van der Waals surface area contributed by atoms with Crippen LogP contribution in [-0.4, -0.2) is 35.5 Å². The van der Waals surface area contributed by atoms with Crippen molar-refractivity contribution in [2.45, 2.75) is 30.8 Å². The van der Waals surface area contributed by atoms with Gasteiger partial charge in [0.2, 0.25) is 0 Å². The first-order valence-electron chi connectivity index (χ1n) is 3.81. The van der Waals surface area contributed by atoms with E-state index in [9.17, 15) is 9.90 Å². The third-order valence-corrected chi connectivity index (χ3v) is 2.77. The van der Waals surface area contributed by atoms with Crippen LogP contribution >= 0.6 is 0 Å². The molecule has 1 N–H and O–H groups in total. The van der Waals surface area contributed by atoms with E-state index in [1.165, 1.54) is 0 Å². The minimum Gasteiger partial charge on any atom is -0.457 e. The van der Waals surface area contributed by atoms with Crippen molar-refractivity contribution < 1.29 is 19.4 Å². The number of epoxide rings is 1. The fourth-order valence-corrected chi connectivity index (χ4v) is 2.12. The molecule has 4 nitrogen and oxygen atoms in total. The summed E-state index contributed by atoms with van der Waals surface area (Å²) in [7, 11) is 0. The average Bonchev–Trinajstić information content (AvgIpc) is 2.59. The van der Waals surface area contributed by atoms with Crippen molar-refractivity contribution in [3.8, 4) is 0 Å². The molecular weight excluding hydrogens is 148 g/mol. The van der Waals surface area contributed by atoms with Crippen molar-refractivity contribution in [1.82, 2.24) is 0 Å². The van der Waals surface area contributed by atoms with Crippen LogP contribution in [0, 0.1) is 5.92 Å². The molecule has 2 aliphatic heterocycles. The molecule has 0 spiro atoms. The summed E-state index contributed by atoms with van der Waals surface area (Å²) < 4.78 is 10.1. The first-order chi connectivity index (χ1) is 5.27. The van der Waals surface area contributed by atoms with Crippen LogP contribution in [0.5, 0.6) is 0 Å². The molecule has 3 fully saturated rings. The normalized spacial score (nSPS) is 58.6. The van der Waals surface area contributed by atoms with Crippen LogP contribution in [0.25, 0.3) is 0 Å². The van der Waals surface area contributed by atoms with Gasteiger partial charge in [0.25, 0.3) is 0 Å². The smallest absolute Gasteiger partial charge is 0.335 e. The molecule has 5 atom stereocenters. The zero-order valence-corrected chi connectivity index (χ0v) is 5.77. The lowest BCUT2D eigenvalue weighted by Crippen LogP contribution is -2.24. The second kappa shape index (κ2) is 1.59. The fourth-order valence-electron chi connectivity index (χ4n) is 2.12. The highest BCUT2D eigenvalue weighted by Gasteiger charge is 2.63. The lowest BCUT2D eigenvalue weighted by Gasteiger charge is -2.09. The van der Waals surface area contributed by atoms with Crippen LogP contribution in [-0.2, 0) is 14.3 Å². The zero-order chi connectivity index (χ0) is 7.59. The first kappa shape index (κ1) is 5.97. The van der Waals surface area contributed by atoms with E-state index in [0.717, 1.165) is 6.42 Å². The van der Waals surface area contributed by atoms with Crippen molar-refractivity contribution in [1.29, 1.82) is 0 Å². The maximum Gasteiger partial charge on any atom is 0.335 e. The molecule has 11 heavy (non-hydrogen) atoms. The maximum atomic E-state index is 10.8. The Labute approximate surface area is 63.1 Å². The van der Waals surface area contributed by atoms with Gasteiger partial charge in [-0.15, -0.1) is 0 Å². The van der Waals surface area contributed by atoms with Crippen molar-refractivity contribution in [2.75, 3.05) is 0 Å². The highest BCUT2D eigenvalue weighted by Crippen LogP contribution is 2.48. The van der Waals surface area contributed by atoms with Crippen LogP contribution in [0.1, 0.15) is 6.42 Å². The molecule has 0 aromatic heterocycles. The van der Waals surface area contributed by atoms with Gasteiger partial charge in [-0.3, -0.25) is 0 Å². The number of carbonyl (C=O) groups excluding carboxylic acids is 1. The predicted molar refractivity (Wildman–Crippen MR) is 32.7 cm³/mol. The van der Waals surface area contributed by atoms with Crippen molar-refractivity contribution >= 4 is 5.97 Å². The SMILES string of the molecule is O=C1O[C@@H]2[C@@H](C[C@H]3O[C@@H]23)[C@H]1O. The Bertz CT molecular complexity index is 226. The number of fused-ring (bicyclic) bond motifs is 3. The van der Waals surface area contributed by atoms with Crippen LogP contribution in [0.2, 0.25) is 0 Å². The molecule has 4 heteroatoms. The molecule has 0 amide bonds. The molecule has 3 aliphatic rings. The molecule has 60 valence electrons. The number of aliphatic hydroxyl groups excluding tert-OH is 1. The number of ether oxygens (including phenoxy) is 2. The van der Waals surface area contributed by atoms with Crippen LogP contribution in [0.3, 0.4) is 0 Å². The molecule has 0 bridgehead atoms. The number of aliphatic hydroxyl groups is 1. The Morgan fingerprint density at radius 3 is 3.00 bits per heavy atom. The number of hydrogen-bond donors (Lipinski definition) is 1. The quantitative estimate of drug-likeness (QED) is 0.363. The molecule has 0 radical (unpaired) electrons. The lowest BCUT2D eigenvalue weighted by molar-refractivity contribution is -0.147.